The summed E-state index contributed by atoms with van der Waals surface area (Å²) in [5.74, 6) is -0.309. The van der Waals surface area contributed by atoms with Gasteiger partial charge in [0.15, 0.2) is 4.77 Å². The minimum absolute atomic E-state index is 0.0280. The van der Waals surface area contributed by atoms with E-state index in [4.69, 9.17) is 35.4 Å². The van der Waals surface area contributed by atoms with Crippen molar-refractivity contribution >= 4 is 58.5 Å². The molecule has 0 saturated carbocycles. The van der Waals surface area contributed by atoms with Gasteiger partial charge in [0.2, 0.25) is 5.88 Å². The molecule has 0 bridgehead atoms. The molecule has 0 atom stereocenters. The van der Waals surface area contributed by atoms with Gasteiger partial charge < -0.3 is 5.11 Å². The fraction of sp³-hybridized carbons (Fsp3) is 0.0500. The SMILES string of the molecule is CC1=Nc2ccccc2/C1=C/c1c(O)n(-c2cc(Cl)cc(Cl)c2)c(=S)[nH]c1=O. The standard InChI is InChI=1S/C20H13Cl2N3O2S/c1-10-15(14-4-2-3-5-17(14)23-10)9-16-18(26)24-20(28)25(19(16)27)13-7-11(21)6-12(22)8-13/h2-9,27H,1H3,(H,24,26,28)/b15-9+. The number of H-pyrrole nitrogens is 1. The number of hydrogen-bond acceptors (Lipinski definition) is 4. The Balaban J connectivity index is 1.97. The number of aromatic amines is 1. The van der Waals surface area contributed by atoms with E-state index in [9.17, 15) is 9.90 Å². The van der Waals surface area contributed by atoms with Crippen molar-refractivity contribution in [3.8, 4) is 11.6 Å². The van der Waals surface area contributed by atoms with Gasteiger partial charge >= 0.3 is 0 Å². The zero-order valence-electron chi connectivity index (χ0n) is 14.5. The highest BCUT2D eigenvalue weighted by molar-refractivity contribution is 7.71. The van der Waals surface area contributed by atoms with E-state index >= 15 is 0 Å². The lowest BCUT2D eigenvalue weighted by molar-refractivity contribution is 0.432. The van der Waals surface area contributed by atoms with Crippen molar-refractivity contribution in [3.05, 3.63) is 78.8 Å². The maximum absolute atomic E-state index is 12.6. The first kappa shape index (κ1) is 18.7. The van der Waals surface area contributed by atoms with Crippen molar-refractivity contribution in [2.45, 2.75) is 6.92 Å². The number of allylic oxidation sites excluding steroid dienone is 1. The maximum Gasteiger partial charge on any atom is 0.262 e. The molecule has 0 amide bonds. The number of para-hydroxylation sites is 1. The Bertz CT molecular complexity index is 1290. The molecule has 5 nitrogen and oxygen atoms in total. The molecule has 0 radical (unpaired) electrons. The Hall–Kier alpha value is -2.67. The quantitative estimate of drug-likeness (QED) is 0.524. The van der Waals surface area contributed by atoms with Crippen LogP contribution in [0.1, 0.15) is 18.1 Å². The van der Waals surface area contributed by atoms with Gasteiger partial charge in [0.1, 0.15) is 5.56 Å². The second-order valence-corrected chi connectivity index (χ2v) is 7.49. The third-order valence-electron chi connectivity index (χ3n) is 4.39. The average Bonchev–Trinajstić information content (AvgIpc) is 2.92. The summed E-state index contributed by atoms with van der Waals surface area (Å²) >= 11 is 17.4. The van der Waals surface area contributed by atoms with Crippen LogP contribution in [0.5, 0.6) is 5.88 Å². The van der Waals surface area contributed by atoms with Crippen LogP contribution in [0.2, 0.25) is 10.0 Å². The van der Waals surface area contributed by atoms with Crippen LogP contribution in [0.4, 0.5) is 5.69 Å². The van der Waals surface area contributed by atoms with Crippen LogP contribution >= 0.6 is 35.4 Å². The number of benzene rings is 2. The first-order valence-corrected chi connectivity index (χ1v) is 9.43. The van der Waals surface area contributed by atoms with Crippen LogP contribution in [0.25, 0.3) is 17.3 Å². The molecular weight excluding hydrogens is 417 g/mol. The van der Waals surface area contributed by atoms with E-state index in [1.807, 2.05) is 31.2 Å². The van der Waals surface area contributed by atoms with Crippen molar-refractivity contribution < 1.29 is 5.11 Å². The summed E-state index contributed by atoms with van der Waals surface area (Å²) in [4.78, 5) is 19.6. The minimum Gasteiger partial charge on any atom is -0.494 e. The van der Waals surface area contributed by atoms with Crippen molar-refractivity contribution in [3.63, 3.8) is 0 Å². The predicted octanol–water partition coefficient (Wildman–Crippen LogP) is 5.55. The maximum atomic E-state index is 12.6. The summed E-state index contributed by atoms with van der Waals surface area (Å²) in [5, 5.41) is 11.6. The summed E-state index contributed by atoms with van der Waals surface area (Å²) in [7, 11) is 0. The van der Waals surface area contributed by atoms with Gasteiger partial charge in [0.25, 0.3) is 5.56 Å². The second kappa shape index (κ2) is 7.05. The van der Waals surface area contributed by atoms with Gasteiger partial charge in [-0.2, -0.15) is 0 Å². The molecule has 0 aliphatic carbocycles. The van der Waals surface area contributed by atoms with Gasteiger partial charge in [-0.05, 0) is 49.5 Å². The van der Waals surface area contributed by atoms with Gasteiger partial charge in [-0.25, -0.2) is 0 Å². The van der Waals surface area contributed by atoms with Crippen molar-refractivity contribution in [2.24, 2.45) is 4.99 Å². The Labute approximate surface area is 175 Å². The van der Waals surface area contributed by atoms with E-state index in [-0.39, 0.29) is 16.2 Å². The summed E-state index contributed by atoms with van der Waals surface area (Å²) in [6.45, 7) is 1.85. The summed E-state index contributed by atoms with van der Waals surface area (Å²) < 4.78 is 1.34. The molecule has 2 aromatic carbocycles. The molecule has 8 heteroatoms. The molecule has 4 rings (SSSR count). The van der Waals surface area contributed by atoms with Crippen LogP contribution < -0.4 is 5.56 Å². The fourth-order valence-electron chi connectivity index (χ4n) is 3.14. The summed E-state index contributed by atoms with van der Waals surface area (Å²) in [6.07, 6.45) is 1.61. The first-order valence-electron chi connectivity index (χ1n) is 8.26. The van der Waals surface area contributed by atoms with E-state index in [2.05, 4.69) is 9.98 Å². The van der Waals surface area contributed by atoms with Gasteiger partial charge in [0, 0.05) is 26.9 Å². The molecule has 0 unspecified atom stereocenters. The lowest BCUT2D eigenvalue weighted by atomic mass is 10.0. The monoisotopic (exact) mass is 429 g/mol. The molecule has 3 aromatic rings. The summed E-state index contributed by atoms with van der Waals surface area (Å²) in [6, 6.07) is 12.3. The molecule has 2 heterocycles. The number of aromatic hydroxyl groups is 1. The molecule has 140 valence electrons. The Morgan fingerprint density at radius 3 is 2.57 bits per heavy atom. The van der Waals surface area contributed by atoms with Gasteiger partial charge in [0.05, 0.1) is 11.4 Å². The van der Waals surface area contributed by atoms with E-state index in [0.29, 0.717) is 15.7 Å². The highest BCUT2D eigenvalue weighted by Crippen LogP contribution is 2.36. The van der Waals surface area contributed by atoms with E-state index < -0.39 is 5.56 Å². The number of hydrogen-bond donors (Lipinski definition) is 2. The molecule has 1 aromatic heterocycles. The van der Waals surface area contributed by atoms with Gasteiger partial charge in [-0.3, -0.25) is 19.3 Å². The van der Waals surface area contributed by atoms with Crippen molar-refractivity contribution in [1.29, 1.82) is 0 Å². The topological polar surface area (TPSA) is 70.4 Å². The molecule has 0 fully saturated rings. The molecule has 2 N–H and O–H groups in total. The third kappa shape index (κ3) is 3.20. The number of nitrogens with zero attached hydrogens (tertiary/aromatic N) is 2. The largest absolute Gasteiger partial charge is 0.494 e. The zero-order valence-corrected chi connectivity index (χ0v) is 16.9. The Kier molecular flexibility index (Phi) is 4.71. The van der Waals surface area contributed by atoms with E-state index in [1.165, 1.54) is 4.57 Å². The van der Waals surface area contributed by atoms with Crippen LogP contribution in [-0.2, 0) is 0 Å². The van der Waals surface area contributed by atoms with Crippen LogP contribution in [0.3, 0.4) is 0 Å². The summed E-state index contributed by atoms with van der Waals surface area (Å²) in [5.41, 5.74) is 3.20. The van der Waals surface area contributed by atoms with Crippen molar-refractivity contribution in [2.75, 3.05) is 0 Å². The third-order valence-corrected chi connectivity index (χ3v) is 5.11. The Morgan fingerprint density at radius 2 is 1.86 bits per heavy atom. The number of aromatic nitrogens is 2. The lowest BCUT2D eigenvalue weighted by Gasteiger charge is -2.13. The van der Waals surface area contributed by atoms with Crippen LogP contribution in [-0.4, -0.2) is 20.4 Å². The first-order chi connectivity index (χ1) is 13.3. The molecule has 28 heavy (non-hydrogen) atoms. The minimum atomic E-state index is -0.503. The normalized spacial score (nSPS) is 14.2. The van der Waals surface area contributed by atoms with Crippen LogP contribution in [0, 0.1) is 4.77 Å². The number of halogens is 2. The van der Waals surface area contributed by atoms with E-state index in [1.54, 1.807) is 24.3 Å². The second-order valence-electron chi connectivity index (χ2n) is 6.23. The highest BCUT2D eigenvalue weighted by Gasteiger charge is 2.20. The van der Waals surface area contributed by atoms with Gasteiger partial charge in [-0.15, -0.1) is 0 Å². The fourth-order valence-corrected chi connectivity index (χ4v) is 3.94. The van der Waals surface area contributed by atoms with Crippen LogP contribution in [0.15, 0.2) is 52.3 Å². The number of aliphatic imine (C=N–C) groups is 1. The zero-order chi connectivity index (χ0) is 20.0. The molecular formula is C20H13Cl2N3O2S. The van der Waals surface area contributed by atoms with E-state index in [0.717, 1.165) is 22.5 Å². The van der Waals surface area contributed by atoms with Gasteiger partial charge in [-0.1, -0.05) is 41.4 Å². The average molecular weight is 430 g/mol. The highest BCUT2D eigenvalue weighted by atomic mass is 35.5. The van der Waals surface area contributed by atoms with Crippen molar-refractivity contribution in [1.82, 2.24) is 9.55 Å². The molecule has 0 saturated heterocycles. The number of rotatable bonds is 2. The smallest absolute Gasteiger partial charge is 0.262 e. The molecule has 1 aliphatic rings. The molecule has 1 aliphatic heterocycles. The number of fused-ring (bicyclic) bond motifs is 1. The molecule has 0 spiro atoms. The lowest BCUT2D eigenvalue weighted by Crippen LogP contribution is -2.16. The Morgan fingerprint density at radius 1 is 1.18 bits per heavy atom. The number of nitrogens with one attached hydrogen (secondary N) is 1. The predicted molar refractivity (Wildman–Crippen MR) is 116 cm³/mol.